The zero-order valence-electron chi connectivity index (χ0n) is 8.65. The summed E-state index contributed by atoms with van der Waals surface area (Å²) in [7, 11) is 0. The zero-order valence-corrected chi connectivity index (χ0v) is 8.65. The molecule has 5 heteroatoms. The highest BCUT2D eigenvalue weighted by atomic mass is 19.1. The molecule has 0 aromatic heterocycles. The first kappa shape index (κ1) is 10.7. The average Bonchev–Trinajstić information content (AvgIpc) is 2.17. The van der Waals surface area contributed by atoms with E-state index in [1.165, 1.54) is 6.07 Å². The van der Waals surface area contributed by atoms with Crippen molar-refractivity contribution >= 4 is 11.8 Å². The Bertz CT molecular complexity index is 391. The molecule has 1 saturated carbocycles. The Morgan fingerprint density at radius 3 is 2.75 bits per heavy atom. The number of primary amides is 1. The summed E-state index contributed by atoms with van der Waals surface area (Å²) >= 11 is 0. The van der Waals surface area contributed by atoms with Crippen LogP contribution in [0.3, 0.4) is 0 Å². The number of ether oxygens (including phenoxy) is 1. The standard InChI is InChI=1S/C11H13FN2O2/c12-9-3-1-2-4-10(9)14-7-5-8(6-7)16-11(13)15/h1-4,7-8,14H,5-6H2,(H2,13,15). The van der Waals surface area contributed by atoms with Crippen molar-refractivity contribution in [3.63, 3.8) is 0 Å². The SMILES string of the molecule is NC(=O)OC1CC(Nc2ccccc2F)C1. The summed E-state index contributed by atoms with van der Waals surface area (Å²) in [6.45, 7) is 0. The monoisotopic (exact) mass is 224 g/mol. The Morgan fingerprint density at radius 1 is 1.44 bits per heavy atom. The number of hydrogen-bond acceptors (Lipinski definition) is 3. The molecule has 0 unspecified atom stereocenters. The predicted molar refractivity (Wildman–Crippen MR) is 57.5 cm³/mol. The fourth-order valence-electron chi connectivity index (χ4n) is 1.74. The largest absolute Gasteiger partial charge is 0.446 e. The summed E-state index contributed by atoms with van der Waals surface area (Å²) in [5, 5.41) is 3.04. The highest BCUT2D eigenvalue weighted by molar-refractivity contribution is 5.65. The van der Waals surface area contributed by atoms with E-state index in [4.69, 9.17) is 10.5 Å². The molecule has 1 aromatic rings. The first-order valence-corrected chi connectivity index (χ1v) is 5.12. The van der Waals surface area contributed by atoms with Gasteiger partial charge < -0.3 is 15.8 Å². The van der Waals surface area contributed by atoms with Crippen LogP contribution >= 0.6 is 0 Å². The molecule has 1 aromatic carbocycles. The Kier molecular flexibility index (Phi) is 2.94. The van der Waals surface area contributed by atoms with E-state index >= 15 is 0 Å². The summed E-state index contributed by atoms with van der Waals surface area (Å²) in [5.74, 6) is -0.276. The molecule has 0 saturated heterocycles. The van der Waals surface area contributed by atoms with Gasteiger partial charge in [-0.25, -0.2) is 9.18 Å². The van der Waals surface area contributed by atoms with Gasteiger partial charge in [-0.2, -0.15) is 0 Å². The third-order valence-corrected chi connectivity index (χ3v) is 2.61. The maximum absolute atomic E-state index is 13.2. The van der Waals surface area contributed by atoms with Crippen LogP contribution in [-0.2, 0) is 4.74 Å². The van der Waals surface area contributed by atoms with Crippen LogP contribution in [0.25, 0.3) is 0 Å². The quantitative estimate of drug-likeness (QED) is 0.823. The fourth-order valence-corrected chi connectivity index (χ4v) is 1.74. The molecule has 0 heterocycles. The summed E-state index contributed by atoms with van der Waals surface area (Å²) in [5.41, 5.74) is 5.36. The van der Waals surface area contributed by atoms with E-state index in [1.54, 1.807) is 18.2 Å². The molecule has 4 nitrogen and oxygen atoms in total. The lowest BCUT2D eigenvalue weighted by Gasteiger charge is -2.35. The van der Waals surface area contributed by atoms with E-state index in [2.05, 4.69) is 5.32 Å². The van der Waals surface area contributed by atoms with Gasteiger partial charge >= 0.3 is 6.09 Å². The van der Waals surface area contributed by atoms with Gasteiger partial charge in [0.2, 0.25) is 0 Å². The molecule has 0 spiro atoms. The molecule has 3 N–H and O–H groups in total. The van der Waals surface area contributed by atoms with Gasteiger partial charge in [0.15, 0.2) is 0 Å². The third-order valence-electron chi connectivity index (χ3n) is 2.61. The number of carbonyl (C=O) groups excluding carboxylic acids is 1. The molecule has 86 valence electrons. The maximum atomic E-state index is 13.2. The number of hydrogen-bond donors (Lipinski definition) is 2. The molecular formula is C11H13FN2O2. The van der Waals surface area contributed by atoms with Crippen LogP contribution < -0.4 is 11.1 Å². The minimum absolute atomic E-state index is 0.137. The maximum Gasteiger partial charge on any atom is 0.404 e. The lowest BCUT2D eigenvalue weighted by molar-refractivity contribution is 0.0517. The van der Waals surface area contributed by atoms with Gasteiger partial charge in [-0.15, -0.1) is 0 Å². The second kappa shape index (κ2) is 4.38. The predicted octanol–water partition coefficient (Wildman–Crippen LogP) is 1.86. The molecule has 0 aliphatic heterocycles. The van der Waals surface area contributed by atoms with Crippen LogP contribution in [0.1, 0.15) is 12.8 Å². The smallest absolute Gasteiger partial charge is 0.404 e. The lowest BCUT2D eigenvalue weighted by atomic mass is 9.89. The van der Waals surface area contributed by atoms with Crippen molar-refractivity contribution in [1.29, 1.82) is 0 Å². The molecule has 2 rings (SSSR count). The third kappa shape index (κ3) is 2.42. The van der Waals surface area contributed by atoms with Crippen molar-refractivity contribution in [1.82, 2.24) is 0 Å². The van der Waals surface area contributed by atoms with Crippen molar-refractivity contribution in [2.45, 2.75) is 25.0 Å². The minimum Gasteiger partial charge on any atom is -0.446 e. The second-order valence-electron chi connectivity index (χ2n) is 3.85. The Hall–Kier alpha value is -1.78. The van der Waals surface area contributed by atoms with Gasteiger partial charge in [0.1, 0.15) is 11.9 Å². The van der Waals surface area contributed by atoms with E-state index in [-0.39, 0.29) is 18.0 Å². The number of carbonyl (C=O) groups is 1. The molecule has 0 atom stereocenters. The van der Waals surface area contributed by atoms with Gasteiger partial charge in [-0.1, -0.05) is 12.1 Å². The van der Waals surface area contributed by atoms with Crippen LogP contribution in [0.15, 0.2) is 24.3 Å². The van der Waals surface area contributed by atoms with E-state index < -0.39 is 6.09 Å². The molecule has 16 heavy (non-hydrogen) atoms. The van der Waals surface area contributed by atoms with Gasteiger partial charge in [0.25, 0.3) is 0 Å². The number of amides is 1. The Morgan fingerprint density at radius 2 is 2.12 bits per heavy atom. The molecule has 1 amide bonds. The van der Waals surface area contributed by atoms with E-state index in [0.717, 1.165) is 0 Å². The van der Waals surface area contributed by atoms with E-state index in [0.29, 0.717) is 18.5 Å². The summed E-state index contributed by atoms with van der Waals surface area (Å²) < 4.78 is 18.0. The van der Waals surface area contributed by atoms with Gasteiger partial charge in [0.05, 0.1) is 5.69 Å². The topological polar surface area (TPSA) is 64.4 Å². The summed E-state index contributed by atoms with van der Waals surface area (Å²) in [6.07, 6.45) is 0.435. The number of anilines is 1. The highest BCUT2D eigenvalue weighted by Gasteiger charge is 2.31. The van der Waals surface area contributed by atoms with Crippen LogP contribution in [0, 0.1) is 5.82 Å². The van der Waals surface area contributed by atoms with Crippen LogP contribution in [-0.4, -0.2) is 18.2 Å². The number of para-hydroxylation sites is 1. The summed E-state index contributed by atoms with van der Waals surface area (Å²) in [4.78, 5) is 10.4. The van der Waals surface area contributed by atoms with Crippen molar-refractivity contribution < 1.29 is 13.9 Å². The average molecular weight is 224 g/mol. The highest BCUT2D eigenvalue weighted by Crippen LogP contribution is 2.27. The minimum atomic E-state index is -0.755. The number of halogens is 1. The Balaban J connectivity index is 1.82. The van der Waals surface area contributed by atoms with Crippen LogP contribution in [0.4, 0.5) is 14.9 Å². The first-order valence-electron chi connectivity index (χ1n) is 5.12. The molecule has 0 bridgehead atoms. The Labute approximate surface area is 92.6 Å². The molecule has 1 fully saturated rings. The molecule has 1 aliphatic rings. The summed E-state index contributed by atoms with van der Waals surface area (Å²) in [6, 6.07) is 6.62. The zero-order chi connectivity index (χ0) is 11.5. The van der Waals surface area contributed by atoms with Gasteiger partial charge in [0, 0.05) is 18.9 Å². The normalized spacial score (nSPS) is 23.3. The number of rotatable bonds is 3. The van der Waals surface area contributed by atoms with Crippen molar-refractivity contribution in [3.05, 3.63) is 30.1 Å². The van der Waals surface area contributed by atoms with Crippen LogP contribution in [0.5, 0.6) is 0 Å². The molecule has 1 aliphatic carbocycles. The van der Waals surface area contributed by atoms with Crippen LogP contribution in [0.2, 0.25) is 0 Å². The molecule has 0 radical (unpaired) electrons. The lowest BCUT2D eigenvalue weighted by Crippen LogP contribution is -2.42. The van der Waals surface area contributed by atoms with Crippen molar-refractivity contribution in [2.24, 2.45) is 5.73 Å². The van der Waals surface area contributed by atoms with Crippen molar-refractivity contribution in [3.8, 4) is 0 Å². The number of benzene rings is 1. The number of nitrogens with two attached hydrogens (primary N) is 1. The van der Waals surface area contributed by atoms with E-state index in [9.17, 15) is 9.18 Å². The van der Waals surface area contributed by atoms with Crippen molar-refractivity contribution in [2.75, 3.05) is 5.32 Å². The van der Waals surface area contributed by atoms with Gasteiger partial charge in [-0.3, -0.25) is 0 Å². The first-order chi connectivity index (χ1) is 7.65. The van der Waals surface area contributed by atoms with Gasteiger partial charge in [-0.05, 0) is 12.1 Å². The second-order valence-corrected chi connectivity index (χ2v) is 3.85. The number of nitrogens with one attached hydrogen (secondary N) is 1. The molecular weight excluding hydrogens is 211 g/mol. The van der Waals surface area contributed by atoms with E-state index in [1.807, 2.05) is 0 Å². The fraction of sp³-hybridized carbons (Fsp3) is 0.364.